The molecule has 0 aliphatic carbocycles. The van der Waals surface area contributed by atoms with Crippen molar-refractivity contribution in [3.8, 4) is 0 Å². The molecule has 0 saturated carbocycles. The van der Waals surface area contributed by atoms with E-state index >= 15 is 0 Å². The summed E-state index contributed by atoms with van der Waals surface area (Å²) in [6.45, 7) is 1.85. The summed E-state index contributed by atoms with van der Waals surface area (Å²) >= 11 is 3.52. The predicted octanol–water partition coefficient (Wildman–Crippen LogP) is 2.36. The molecule has 2 N–H and O–H groups in total. The summed E-state index contributed by atoms with van der Waals surface area (Å²) in [6.07, 6.45) is 0.992. The number of nitrogens with one attached hydrogen (secondary N) is 1. The van der Waals surface area contributed by atoms with Gasteiger partial charge in [0.1, 0.15) is 0 Å². The number of hydrogen-bond acceptors (Lipinski definition) is 3. The van der Waals surface area contributed by atoms with Crippen molar-refractivity contribution in [2.45, 2.75) is 18.4 Å². The monoisotopic (exact) mass is 324 g/mol. The van der Waals surface area contributed by atoms with Crippen molar-refractivity contribution in [2.75, 3.05) is 25.5 Å². The Morgan fingerprint density at radius 3 is 3.05 bits per heavy atom. The molecule has 2 heterocycles. The molecule has 2 aliphatic rings. The number of carboxylic acids is 1. The Morgan fingerprint density at radius 2 is 2.32 bits per heavy atom. The van der Waals surface area contributed by atoms with Crippen molar-refractivity contribution in [3.05, 3.63) is 28.2 Å². The number of likely N-dealkylation sites (tertiary alicyclic amines) is 1. The van der Waals surface area contributed by atoms with Gasteiger partial charge in [0, 0.05) is 23.0 Å². The highest BCUT2D eigenvalue weighted by Crippen LogP contribution is 2.44. The molecule has 1 fully saturated rings. The van der Waals surface area contributed by atoms with Crippen molar-refractivity contribution in [1.82, 2.24) is 4.90 Å². The fourth-order valence-electron chi connectivity index (χ4n) is 3.35. The molecule has 3 rings (SSSR count). The number of carbonyl (C=O) groups is 1. The number of rotatable bonds is 1. The molecule has 4 nitrogen and oxygen atoms in total. The number of fused-ring (bicyclic) bond motifs is 2. The van der Waals surface area contributed by atoms with E-state index in [1.165, 1.54) is 0 Å². The Morgan fingerprint density at radius 1 is 1.53 bits per heavy atom. The second kappa shape index (κ2) is 4.80. The highest BCUT2D eigenvalue weighted by molar-refractivity contribution is 9.10. The van der Waals surface area contributed by atoms with E-state index in [2.05, 4.69) is 33.2 Å². The van der Waals surface area contributed by atoms with Gasteiger partial charge in [0.05, 0.1) is 11.6 Å². The van der Waals surface area contributed by atoms with Crippen molar-refractivity contribution in [1.29, 1.82) is 0 Å². The minimum Gasteiger partial charge on any atom is -0.481 e. The van der Waals surface area contributed by atoms with E-state index in [9.17, 15) is 9.90 Å². The van der Waals surface area contributed by atoms with Crippen LogP contribution in [0.5, 0.6) is 0 Å². The maximum atomic E-state index is 11.7. The van der Waals surface area contributed by atoms with E-state index in [0.29, 0.717) is 0 Å². The highest BCUT2D eigenvalue weighted by Gasteiger charge is 2.43. The van der Waals surface area contributed by atoms with Crippen LogP contribution in [0.25, 0.3) is 0 Å². The van der Waals surface area contributed by atoms with Gasteiger partial charge >= 0.3 is 5.97 Å². The fourth-order valence-corrected chi connectivity index (χ4v) is 3.85. The van der Waals surface area contributed by atoms with Crippen LogP contribution < -0.4 is 5.32 Å². The molecule has 19 heavy (non-hydrogen) atoms. The molecule has 1 aromatic rings. The van der Waals surface area contributed by atoms with Gasteiger partial charge in [0.25, 0.3) is 0 Å². The minimum absolute atomic E-state index is 0.137. The number of anilines is 1. The number of piperidine rings is 1. The molecule has 0 spiro atoms. The lowest BCUT2D eigenvalue weighted by Crippen LogP contribution is -2.51. The van der Waals surface area contributed by atoms with Crippen LogP contribution in [-0.4, -0.2) is 42.2 Å². The first-order valence-electron chi connectivity index (χ1n) is 6.54. The normalized spacial score (nSPS) is 30.1. The summed E-state index contributed by atoms with van der Waals surface area (Å²) in [4.78, 5) is 14.0. The molecule has 0 bridgehead atoms. The first-order chi connectivity index (χ1) is 9.08. The minimum atomic E-state index is -0.717. The van der Waals surface area contributed by atoms with Crippen LogP contribution in [0, 0.1) is 5.92 Å². The average Bonchev–Trinajstić information content (AvgIpc) is 2.36. The quantitative estimate of drug-likeness (QED) is 0.832. The van der Waals surface area contributed by atoms with Crippen molar-refractivity contribution in [3.63, 3.8) is 0 Å². The van der Waals surface area contributed by atoms with Crippen LogP contribution in [-0.2, 0) is 4.79 Å². The van der Waals surface area contributed by atoms with Gasteiger partial charge in [0.2, 0.25) is 0 Å². The molecule has 0 amide bonds. The Kier molecular flexibility index (Phi) is 3.27. The molecular weight excluding hydrogens is 308 g/mol. The SMILES string of the molecule is CN1CCC2Nc3c(Br)cccc3C(C(=O)O)C2C1. The van der Waals surface area contributed by atoms with Gasteiger partial charge in [-0.15, -0.1) is 0 Å². The maximum absolute atomic E-state index is 11.7. The van der Waals surface area contributed by atoms with E-state index < -0.39 is 11.9 Å². The Balaban J connectivity index is 2.07. The predicted molar refractivity (Wildman–Crippen MR) is 77.5 cm³/mol. The summed E-state index contributed by atoms with van der Waals surface area (Å²) in [5.41, 5.74) is 1.86. The zero-order valence-corrected chi connectivity index (χ0v) is 12.4. The van der Waals surface area contributed by atoms with E-state index in [0.717, 1.165) is 35.2 Å². The van der Waals surface area contributed by atoms with Gasteiger partial charge in [0.15, 0.2) is 0 Å². The lowest BCUT2D eigenvalue weighted by molar-refractivity contribution is -0.141. The van der Waals surface area contributed by atoms with Crippen molar-refractivity contribution in [2.24, 2.45) is 5.92 Å². The molecular formula is C14H17BrN2O2. The summed E-state index contributed by atoms with van der Waals surface area (Å²) in [6, 6.07) is 6.05. The second-order valence-electron chi connectivity index (χ2n) is 5.49. The van der Waals surface area contributed by atoms with E-state index in [-0.39, 0.29) is 12.0 Å². The maximum Gasteiger partial charge on any atom is 0.311 e. The number of para-hydroxylation sites is 1. The van der Waals surface area contributed by atoms with Crippen LogP contribution in [0.4, 0.5) is 5.69 Å². The third-order valence-corrected chi connectivity index (χ3v) is 4.93. The lowest BCUT2D eigenvalue weighted by Gasteiger charge is -2.44. The van der Waals surface area contributed by atoms with E-state index in [4.69, 9.17) is 0 Å². The van der Waals surface area contributed by atoms with Gasteiger partial charge < -0.3 is 15.3 Å². The summed E-state index contributed by atoms with van der Waals surface area (Å²) in [7, 11) is 2.06. The zero-order valence-electron chi connectivity index (χ0n) is 10.8. The second-order valence-corrected chi connectivity index (χ2v) is 6.34. The number of nitrogens with zero attached hydrogens (tertiary/aromatic N) is 1. The summed E-state index contributed by atoms with van der Waals surface area (Å²) in [5, 5.41) is 13.2. The number of halogens is 1. The molecule has 0 radical (unpaired) electrons. The van der Waals surface area contributed by atoms with Crippen LogP contribution >= 0.6 is 15.9 Å². The molecule has 2 aliphatic heterocycles. The van der Waals surface area contributed by atoms with Gasteiger partial charge in [-0.3, -0.25) is 4.79 Å². The molecule has 102 valence electrons. The Bertz CT molecular complexity index is 520. The lowest BCUT2D eigenvalue weighted by atomic mass is 9.74. The van der Waals surface area contributed by atoms with Crippen LogP contribution in [0.3, 0.4) is 0 Å². The largest absolute Gasteiger partial charge is 0.481 e. The Labute approximate surface area is 120 Å². The van der Waals surface area contributed by atoms with Gasteiger partial charge in [-0.05, 0) is 47.6 Å². The fraction of sp³-hybridized carbons (Fsp3) is 0.500. The number of hydrogen-bond donors (Lipinski definition) is 2. The number of carboxylic acid groups (broad SMARTS) is 1. The zero-order chi connectivity index (χ0) is 13.6. The van der Waals surface area contributed by atoms with Gasteiger partial charge in [-0.2, -0.15) is 0 Å². The Hall–Kier alpha value is -1.07. The van der Waals surface area contributed by atoms with Crippen LogP contribution in [0.15, 0.2) is 22.7 Å². The standard InChI is InChI=1S/C14H17BrN2O2/c1-17-6-5-11-9(7-17)12(14(18)19)8-3-2-4-10(15)13(8)16-11/h2-4,9,11-12,16H,5-7H2,1H3,(H,18,19). The molecule has 1 saturated heterocycles. The highest BCUT2D eigenvalue weighted by atomic mass is 79.9. The van der Waals surface area contributed by atoms with E-state index in [1.54, 1.807) is 0 Å². The molecule has 5 heteroatoms. The third-order valence-electron chi connectivity index (χ3n) is 4.27. The smallest absolute Gasteiger partial charge is 0.311 e. The molecule has 0 aromatic heterocycles. The number of aliphatic carboxylic acids is 1. The molecule has 1 aromatic carbocycles. The van der Waals surface area contributed by atoms with Gasteiger partial charge in [-0.1, -0.05) is 12.1 Å². The first kappa shape index (κ1) is 12.9. The molecule has 3 atom stereocenters. The van der Waals surface area contributed by atoms with Crippen LogP contribution in [0.2, 0.25) is 0 Å². The van der Waals surface area contributed by atoms with Gasteiger partial charge in [-0.25, -0.2) is 0 Å². The average molecular weight is 325 g/mol. The van der Waals surface area contributed by atoms with Crippen molar-refractivity contribution >= 4 is 27.6 Å². The summed E-state index contributed by atoms with van der Waals surface area (Å²) < 4.78 is 0.952. The third kappa shape index (κ3) is 2.15. The number of benzene rings is 1. The van der Waals surface area contributed by atoms with Crippen molar-refractivity contribution < 1.29 is 9.90 Å². The summed E-state index contributed by atoms with van der Waals surface area (Å²) in [5.74, 6) is -0.995. The van der Waals surface area contributed by atoms with E-state index in [1.807, 2.05) is 18.2 Å². The topological polar surface area (TPSA) is 52.6 Å². The molecule has 3 unspecified atom stereocenters. The first-order valence-corrected chi connectivity index (χ1v) is 7.33. The van der Waals surface area contributed by atoms with Crippen LogP contribution in [0.1, 0.15) is 17.9 Å².